The van der Waals surface area contributed by atoms with E-state index in [2.05, 4.69) is 27.8 Å². The van der Waals surface area contributed by atoms with E-state index in [-0.39, 0.29) is 5.91 Å². The summed E-state index contributed by atoms with van der Waals surface area (Å²) in [6.45, 7) is 2.21. The molecule has 0 aliphatic carbocycles. The Kier molecular flexibility index (Phi) is 3.32. The number of rotatable bonds is 4. The van der Waals surface area contributed by atoms with E-state index >= 15 is 0 Å². The number of benzene rings is 1. The van der Waals surface area contributed by atoms with Gasteiger partial charge in [-0.2, -0.15) is 0 Å². The predicted molar refractivity (Wildman–Crippen MR) is 70.2 cm³/mol. The molecule has 0 bridgehead atoms. The minimum atomic E-state index is 0.0146. The lowest BCUT2D eigenvalue weighted by Crippen LogP contribution is -2.22. The van der Waals surface area contributed by atoms with Crippen LogP contribution in [0.4, 0.5) is 5.69 Å². The number of amides is 1. The van der Waals surface area contributed by atoms with Crippen molar-refractivity contribution >= 4 is 22.5 Å². The van der Waals surface area contributed by atoms with Crippen LogP contribution >= 0.6 is 0 Å². The van der Waals surface area contributed by atoms with Crippen LogP contribution in [0.3, 0.4) is 0 Å². The molecule has 0 aliphatic rings. The van der Waals surface area contributed by atoms with Crippen LogP contribution in [0.5, 0.6) is 0 Å². The summed E-state index contributed by atoms with van der Waals surface area (Å²) in [7, 11) is 1.91. The van der Waals surface area contributed by atoms with Crippen molar-refractivity contribution in [1.29, 1.82) is 0 Å². The van der Waals surface area contributed by atoms with Gasteiger partial charge in [0, 0.05) is 43.3 Å². The zero-order valence-corrected chi connectivity index (χ0v) is 10.1. The lowest BCUT2D eigenvalue weighted by Gasteiger charge is -2.03. The molecule has 0 atom stereocenters. The van der Waals surface area contributed by atoms with Gasteiger partial charge in [0.15, 0.2) is 0 Å². The monoisotopic (exact) mass is 231 g/mol. The molecule has 0 aliphatic heterocycles. The third-order valence-corrected chi connectivity index (χ3v) is 2.82. The minimum absolute atomic E-state index is 0.0146. The molecular weight excluding hydrogens is 214 g/mol. The molecule has 90 valence electrons. The second-order valence-electron chi connectivity index (χ2n) is 4.06. The molecule has 2 rings (SSSR count). The van der Waals surface area contributed by atoms with Crippen LogP contribution in [0.1, 0.15) is 12.5 Å². The molecule has 1 amide bonds. The summed E-state index contributed by atoms with van der Waals surface area (Å²) in [5.41, 5.74) is 3.45. The van der Waals surface area contributed by atoms with Gasteiger partial charge >= 0.3 is 0 Å². The normalized spacial score (nSPS) is 10.5. The van der Waals surface area contributed by atoms with Crippen molar-refractivity contribution < 1.29 is 4.79 Å². The number of fused-ring (bicyclic) bond motifs is 1. The standard InChI is InChI=1S/C13H17N3O/c1-9(17)15-6-5-10-8-16-13-4-3-11(14-2)7-12(10)13/h3-4,7-8,14,16H,5-6H2,1-2H3,(H,15,17). The van der Waals surface area contributed by atoms with Crippen LogP contribution in [0, 0.1) is 0 Å². The van der Waals surface area contributed by atoms with Crippen LogP contribution in [0.15, 0.2) is 24.4 Å². The Hall–Kier alpha value is -1.97. The van der Waals surface area contributed by atoms with Gasteiger partial charge in [-0.25, -0.2) is 0 Å². The Bertz CT molecular complexity index is 530. The molecule has 3 N–H and O–H groups in total. The third kappa shape index (κ3) is 2.58. The van der Waals surface area contributed by atoms with Crippen molar-refractivity contribution in [3.63, 3.8) is 0 Å². The van der Waals surface area contributed by atoms with E-state index in [4.69, 9.17) is 0 Å². The topological polar surface area (TPSA) is 56.9 Å². The highest BCUT2D eigenvalue weighted by molar-refractivity contribution is 5.86. The Balaban J connectivity index is 2.19. The molecule has 0 saturated heterocycles. The first-order valence-electron chi connectivity index (χ1n) is 5.73. The third-order valence-electron chi connectivity index (χ3n) is 2.82. The lowest BCUT2D eigenvalue weighted by atomic mass is 10.1. The van der Waals surface area contributed by atoms with Gasteiger partial charge in [-0.05, 0) is 30.2 Å². The summed E-state index contributed by atoms with van der Waals surface area (Å²) >= 11 is 0. The van der Waals surface area contributed by atoms with Gasteiger partial charge in [0.25, 0.3) is 0 Å². The fraction of sp³-hybridized carbons (Fsp3) is 0.308. The summed E-state index contributed by atoms with van der Waals surface area (Å²) in [5, 5.41) is 7.15. The molecule has 1 heterocycles. The second kappa shape index (κ2) is 4.91. The van der Waals surface area contributed by atoms with Gasteiger partial charge < -0.3 is 15.6 Å². The summed E-state index contributed by atoms with van der Waals surface area (Å²) in [6.07, 6.45) is 2.85. The average molecular weight is 231 g/mol. The van der Waals surface area contributed by atoms with E-state index in [9.17, 15) is 4.79 Å². The minimum Gasteiger partial charge on any atom is -0.388 e. The van der Waals surface area contributed by atoms with Crippen LogP contribution in [0.25, 0.3) is 10.9 Å². The second-order valence-corrected chi connectivity index (χ2v) is 4.06. The molecule has 1 aromatic heterocycles. The van der Waals surface area contributed by atoms with E-state index in [0.29, 0.717) is 6.54 Å². The highest BCUT2D eigenvalue weighted by atomic mass is 16.1. The molecule has 0 spiro atoms. The molecule has 4 heteroatoms. The number of hydrogen-bond donors (Lipinski definition) is 3. The Labute approximate surface area is 100 Å². The Morgan fingerprint density at radius 3 is 2.94 bits per heavy atom. The molecule has 17 heavy (non-hydrogen) atoms. The molecule has 0 unspecified atom stereocenters. The number of hydrogen-bond acceptors (Lipinski definition) is 2. The van der Waals surface area contributed by atoms with Gasteiger partial charge in [-0.3, -0.25) is 4.79 Å². The van der Waals surface area contributed by atoms with E-state index < -0.39 is 0 Å². The van der Waals surface area contributed by atoms with Gasteiger partial charge in [-0.15, -0.1) is 0 Å². The number of H-pyrrole nitrogens is 1. The van der Waals surface area contributed by atoms with Gasteiger partial charge in [0.2, 0.25) is 5.91 Å². The number of carbonyl (C=O) groups excluding carboxylic acids is 1. The van der Waals surface area contributed by atoms with Gasteiger partial charge in [-0.1, -0.05) is 0 Å². The van der Waals surface area contributed by atoms with Gasteiger partial charge in [0.1, 0.15) is 0 Å². The predicted octanol–water partition coefficient (Wildman–Crippen LogP) is 1.89. The zero-order chi connectivity index (χ0) is 12.3. The highest BCUT2D eigenvalue weighted by Gasteiger charge is 2.04. The summed E-state index contributed by atoms with van der Waals surface area (Å²) < 4.78 is 0. The lowest BCUT2D eigenvalue weighted by molar-refractivity contribution is -0.118. The number of anilines is 1. The highest BCUT2D eigenvalue weighted by Crippen LogP contribution is 2.22. The van der Waals surface area contributed by atoms with E-state index in [1.54, 1.807) is 0 Å². The fourth-order valence-electron chi connectivity index (χ4n) is 1.91. The van der Waals surface area contributed by atoms with Crippen molar-refractivity contribution in [3.05, 3.63) is 30.0 Å². The van der Waals surface area contributed by atoms with Crippen molar-refractivity contribution in [2.75, 3.05) is 18.9 Å². The van der Waals surface area contributed by atoms with E-state index in [1.165, 1.54) is 17.9 Å². The maximum absolute atomic E-state index is 10.8. The van der Waals surface area contributed by atoms with Crippen LogP contribution < -0.4 is 10.6 Å². The quantitative estimate of drug-likeness (QED) is 0.752. The molecule has 1 aromatic carbocycles. The van der Waals surface area contributed by atoms with E-state index in [0.717, 1.165) is 17.6 Å². The maximum Gasteiger partial charge on any atom is 0.216 e. The zero-order valence-electron chi connectivity index (χ0n) is 10.1. The Morgan fingerprint density at radius 2 is 2.24 bits per heavy atom. The smallest absolute Gasteiger partial charge is 0.216 e. The Morgan fingerprint density at radius 1 is 1.41 bits per heavy atom. The molecular formula is C13H17N3O. The van der Waals surface area contributed by atoms with Crippen LogP contribution in [-0.4, -0.2) is 24.5 Å². The first-order chi connectivity index (χ1) is 8.20. The van der Waals surface area contributed by atoms with Crippen molar-refractivity contribution in [1.82, 2.24) is 10.3 Å². The summed E-state index contributed by atoms with van der Waals surface area (Å²) in [5.74, 6) is 0.0146. The number of aromatic amines is 1. The van der Waals surface area contributed by atoms with Crippen molar-refractivity contribution in [3.8, 4) is 0 Å². The van der Waals surface area contributed by atoms with Gasteiger partial charge in [0.05, 0.1) is 0 Å². The van der Waals surface area contributed by atoms with E-state index in [1.807, 2.05) is 19.3 Å². The number of carbonyl (C=O) groups is 1. The largest absolute Gasteiger partial charge is 0.388 e. The van der Waals surface area contributed by atoms with Crippen LogP contribution in [0.2, 0.25) is 0 Å². The van der Waals surface area contributed by atoms with Crippen molar-refractivity contribution in [2.24, 2.45) is 0 Å². The van der Waals surface area contributed by atoms with Crippen LogP contribution in [-0.2, 0) is 11.2 Å². The average Bonchev–Trinajstić information content (AvgIpc) is 2.71. The molecule has 4 nitrogen and oxygen atoms in total. The summed E-state index contributed by atoms with van der Waals surface area (Å²) in [4.78, 5) is 14.0. The molecule has 0 fully saturated rings. The SMILES string of the molecule is CNc1ccc2[nH]cc(CCNC(C)=O)c2c1. The summed E-state index contributed by atoms with van der Waals surface area (Å²) in [6, 6.07) is 6.22. The maximum atomic E-state index is 10.8. The molecule has 0 radical (unpaired) electrons. The number of aromatic nitrogens is 1. The molecule has 2 aromatic rings. The number of nitrogens with one attached hydrogen (secondary N) is 3. The first-order valence-corrected chi connectivity index (χ1v) is 5.73. The fourth-order valence-corrected chi connectivity index (χ4v) is 1.91. The molecule has 0 saturated carbocycles. The van der Waals surface area contributed by atoms with Crippen molar-refractivity contribution in [2.45, 2.75) is 13.3 Å². The first kappa shape index (κ1) is 11.5.